The zero-order chi connectivity index (χ0) is 24.2. The van der Waals surface area contributed by atoms with E-state index in [-0.39, 0.29) is 42.9 Å². The maximum absolute atomic E-state index is 12.9. The van der Waals surface area contributed by atoms with E-state index in [9.17, 15) is 19.5 Å². The highest BCUT2D eigenvalue weighted by Crippen LogP contribution is 2.32. The summed E-state index contributed by atoms with van der Waals surface area (Å²) in [4.78, 5) is 40.8. The first-order valence-corrected chi connectivity index (χ1v) is 10.9. The molecule has 1 aromatic carbocycles. The molecule has 2 aliphatic rings. The number of β-amino-alcohol motifs (C(OH)–C–C–N with tert-alkyl or cyclic N) is 1. The highest BCUT2D eigenvalue weighted by Gasteiger charge is 2.35. The second kappa shape index (κ2) is 10.1. The molecule has 2 amide bonds. The van der Waals surface area contributed by atoms with Crippen LogP contribution in [0.15, 0.2) is 35.5 Å². The van der Waals surface area contributed by atoms with Gasteiger partial charge < -0.3 is 35.0 Å². The van der Waals surface area contributed by atoms with Gasteiger partial charge in [0.2, 0.25) is 0 Å². The molecule has 2 aliphatic heterocycles. The van der Waals surface area contributed by atoms with E-state index in [0.717, 1.165) is 12.1 Å². The molecule has 0 bridgehead atoms. The first-order chi connectivity index (χ1) is 15.6. The Hall–Kier alpha value is -3.27. The van der Waals surface area contributed by atoms with E-state index in [0.29, 0.717) is 18.8 Å². The minimum atomic E-state index is -0.591. The molecule has 1 saturated heterocycles. The van der Waals surface area contributed by atoms with Gasteiger partial charge in [-0.2, -0.15) is 0 Å². The number of amides is 2. The van der Waals surface area contributed by atoms with Crippen LogP contribution >= 0.6 is 0 Å². The average molecular weight is 461 g/mol. The monoisotopic (exact) mass is 460 g/mol. The zero-order valence-electron chi connectivity index (χ0n) is 19.5. The van der Waals surface area contributed by atoms with Gasteiger partial charge in [0.05, 0.1) is 43.3 Å². The number of carbonyl (C=O) groups is 3. The molecule has 0 spiro atoms. The minimum absolute atomic E-state index is 0.0716. The van der Waals surface area contributed by atoms with Gasteiger partial charge in [-0.25, -0.2) is 9.59 Å². The van der Waals surface area contributed by atoms with Gasteiger partial charge in [0.15, 0.2) is 0 Å². The number of aliphatic hydroxyl groups is 1. The van der Waals surface area contributed by atoms with Gasteiger partial charge >= 0.3 is 12.1 Å². The third-order valence-corrected chi connectivity index (χ3v) is 5.37. The molecular formula is C23H32N4O6. The number of hydrogen-bond acceptors (Lipinski definition) is 8. The molecule has 1 aromatic rings. The number of carbonyl (C=O) groups excluding carboxylic acids is 3. The average Bonchev–Trinajstić information content (AvgIpc) is 3.32. The number of para-hydroxylation sites is 2. The van der Waals surface area contributed by atoms with Crippen LogP contribution in [0.3, 0.4) is 0 Å². The predicted molar refractivity (Wildman–Crippen MR) is 123 cm³/mol. The van der Waals surface area contributed by atoms with Crippen molar-refractivity contribution in [3.63, 3.8) is 0 Å². The second-order valence-corrected chi connectivity index (χ2v) is 9.02. The lowest BCUT2D eigenvalue weighted by molar-refractivity contribution is -0.136. The van der Waals surface area contributed by atoms with Crippen molar-refractivity contribution in [3.8, 4) is 0 Å². The Morgan fingerprint density at radius 2 is 1.97 bits per heavy atom. The van der Waals surface area contributed by atoms with Gasteiger partial charge in [-0.05, 0) is 39.3 Å². The fraction of sp³-hybridized carbons (Fsp3) is 0.522. The van der Waals surface area contributed by atoms with Crippen molar-refractivity contribution in [2.45, 2.75) is 38.8 Å². The number of nitrogens with one attached hydrogen (secondary N) is 2. The highest BCUT2D eigenvalue weighted by molar-refractivity contribution is 6.09. The summed E-state index contributed by atoms with van der Waals surface area (Å²) in [6.45, 7) is 6.72. The Morgan fingerprint density at radius 3 is 2.64 bits per heavy atom. The third-order valence-electron chi connectivity index (χ3n) is 5.37. The summed E-state index contributed by atoms with van der Waals surface area (Å²) in [5.74, 6) is -0.961. The van der Waals surface area contributed by atoms with Crippen molar-refractivity contribution in [1.29, 1.82) is 0 Å². The number of esters is 1. The topological polar surface area (TPSA) is 120 Å². The van der Waals surface area contributed by atoms with Gasteiger partial charge in [0.1, 0.15) is 11.3 Å². The summed E-state index contributed by atoms with van der Waals surface area (Å²) in [7, 11) is 1.27. The van der Waals surface area contributed by atoms with Crippen LogP contribution in [0.1, 0.15) is 27.2 Å². The minimum Gasteiger partial charge on any atom is -0.466 e. The molecule has 0 aliphatic carbocycles. The Bertz CT molecular complexity index is 939. The quantitative estimate of drug-likeness (QED) is 0.523. The van der Waals surface area contributed by atoms with Crippen LogP contribution < -0.4 is 15.5 Å². The first kappa shape index (κ1) is 24.4. The lowest BCUT2D eigenvalue weighted by atomic mass is 10.2. The zero-order valence-corrected chi connectivity index (χ0v) is 19.5. The second-order valence-electron chi connectivity index (χ2n) is 9.02. The number of rotatable bonds is 7. The van der Waals surface area contributed by atoms with Gasteiger partial charge in [-0.15, -0.1) is 0 Å². The molecule has 0 aromatic heterocycles. The Labute approximate surface area is 193 Å². The number of ether oxygens (including phenoxy) is 2. The molecule has 1 unspecified atom stereocenters. The number of alkyl carbamates (subject to hydrolysis) is 1. The third kappa shape index (κ3) is 5.95. The number of nitrogens with zero attached hydrogens (tertiary/aromatic N) is 2. The molecule has 10 heteroatoms. The van der Waals surface area contributed by atoms with Crippen LogP contribution in [-0.2, 0) is 19.1 Å². The van der Waals surface area contributed by atoms with E-state index in [1.54, 1.807) is 0 Å². The highest BCUT2D eigenvalue weighted by atomic mass is 16.6. The van der Waals surface area contributed by atoms with Crippen LogP contribution in [0.2, 0.25) is 0 Å². The summed E-state index contributed by atoms with van der Waals surface area (Å²) >= 11 is 0. The van der Waals surface area contributed by atoms with Crippen LogP contribution in [0.25, 0.3) is 0 Å². The number of anilines is 2. The summed E-state index contributed by atoms with van der Waals surface area (Å²) in [6.07, 6.45) is 0.293. The summed E-state index contributed by atoms with van der Waals surface area (Å²) < 4.78 is 10.2. The maximum Gasteiger partial charge on any atom is 0.407 e. The van der Waals surface area contributed by atoms with Gasteiger partial charge in [0.25, 0.3) is 5.91 Å². The van der Waals surface area contributed by atoms with E-state index in [1.807, 2.05) is 45.0 Å². The SMILES string of the molecule is COC(=O)C1=C(Nc2ccccc2N2CCC(NC(=O)OC(C)(C)C)C2)C(=O)N(CCO)C1. The standard InChI is InChI=1S/C23H32N4O6/c1-23(2,3)33-22(31)24-15-9-10-26(13-15)18-8-6-5-7-17(18)25-19-16(21(30)32-4)14-27(11-12-28)20(19)29/h5-8,15,25,28H,9-14H2,1-4H3,(H,24,31). The Morgan fingerprint density at radius 1 is 1.24 bits per heavy atom. The van der Waals surface area contributed by atoms with Gasteiger partial charge in [-0.1, -0.05) is 12.1 Å². The Balaban J connectivity index is 1.76. The normalized spacial score (nSPS) is 18.6. The van der Waals surface area contributed by atoms with Gasteiger partial charge in [0, 0.05) is 19.6 Å². The molecule has 0 saturated carbocycles. The Kier molecular flexibility index (Phi) is 7.47. The lowest BCUT2D eigenvalue weighted by Gasteiger charge is -2.24. The summed E-state index contributed by atoms with van der Waals surface area (Å²) in [5, 5.41) is 15.3. The molecule has 3 rings (SSSR count). The number of methoxy groups -OCH3 is 1. The van der Waals surface area contributed by atoms with E-state index in [1.165, 1.54) is 12.0 Å². The van der Waals surface area contributed by atoms with Crippen LogP contribution in [0, 0.1) is 0 Å². The van der Waals surface area contributed by atoms with E-state index in [2.05, 4.69) is 15.5 Å². The summed E-state index contributed by atoms with van der Waals surface area (Å²) in [6, 6.07) is 7.39. The van der Waals surface area contributed by atoms with Crippen LogP contribution in [0.5, 0.6) is 0 Å². The lowest BCUT2D eigenvalue weighted by Crippen LogP contribution is -2.40. The van der Waals surface area contributed by atoms with E-state index in [4.69, 9.17) is 9.47 Å². The van der Waals surface area contributed by atoms with E-state index >= 15 is 0 Å². The van der Waals surface area contributed by atoms with Crippen molar-refractivity contribution in [2.75, 3.05) is 50.1 Å². The molecule has 3 N–H and O–H groups in total. The fourth-order valence-electron chi connectivity index (χ4n) is 3.91. The molecule has 180 valence electrons. The van der Waals surface area contributed by atoms with Crippen LogP contribution in [-0.4, -0.2) is 79.5 Å². The molecule has 33 heavy (non-hydrogen) atoms. The number of aliphatic hydroxyl groups excluding tert-OH is 1. The molecule has 1 atom stereocenters. The van der Waals surface area contributed by atoms with Crippen molar-refractivity contribution in [1.82, 2.24) is 10.2 Å². The smallest absolute Gasteiger partial charge is 0.407 e. The first-order valence-electron chi connectivity index (χ1n) is 10.9. The number of benzene rings is 1. The molecule has 2 heterocycles. The van der Waals surface area contributed by atoms with Crippen LogP contribution in [0.4, 0.5) is 16.2 Å². The van der Waals surface area contributed by atoms with Crippen molar-refractivity contribution in [2.24, 2.45) is 0 Å². The maximum atomic E-state index is 12.9. The largest absolute Gasteiger partial charge is 0.466 e. The fourth-order valence-corrected chi connectivity index (χ4v) is 3.91. The molecule has 0 radical (unpaired) electrons. The molecule has 10 nitrogen and oxygen atoms in total. The summed E-state index contributed by atoms with van der Waals surface area (Å²) in [5.41, 5.74) is 1.30. The molecular weight excluding hydrogens is 428 g/mol. The van der Waals surface area contributed by atoms with Crippen molar-refractivity contribution >= 4 is 29.3 Å². The van der Waals surface area contributed by atoms with Gasteiger partial charge in [-0.3, -0.25) is 4.79 Å². The molecule has 1 fully saturated rings. The van der Waals surface area contributed by atoms with E-state index < -0.39 is 17.7 Å². The predicted octanol–water partition coefficient (Wildman–Crippen LogP) is 1.46. The van der Waals surface area contributed by atoms with Crippen molar-refractivity contribution in [3.05, 3.63) is 35.5 Å². The number of hydrogen-bond donors (Lipinski definition) is 3. The van der Waals surface area contributed by atoms with Crippen molar-refractivity contribution < 1.29 is 29.0 Å².